The van der Waals surface area contributed by atoms with E-state index in [-0.39, 0.29) is 28.3 Å². The third-order valence-corrected chi connectivity index (χ3v) is 7.24. The highest BCUT2D eigenvalue weighted by Gasteiger charge is 2.32. The monoisotopic (exact) mass is 442 g/mol. The first-order valence-corrected chi connectivity index (χ1v) is 11.7. The van der Waals surface area contributed by atoms with Crippen LogP contribution in [0.15, 0.2) is 64.5 Å². The van der Waals surface area contributed by atoms with Crippen molar-refractivity contribution in [2.24, 2.45) is 5.92 Å². The second-order valence-electron chi connectivity index (χ2n) is 7.49. The average Bonchev–Trinajstić information content (AvgIpc) is 2.79. The summed E-state index contributed by atoms with van der Waals surface area (Å²) in [6.07, 6.45) is 2.67. The van der Waals surface area contributed by atoms with Crippen molar-refractivity contribution in [3.8, 4) is 0 Å². The van der Waals surface area contributed by atoms with Crippen molar-refractivity contribution in [2.75, 3.05) is 24.6 Å². The summed E-state index contributed by atoms with van der Waals surface area (Å²) in [5, 5.41) is 0.404. The molecule has 31 heavy (non-hydrogen) atoms. The first-order chi connectivity index (χ1) is 14.9. The summed E-state index contributed by atoms with van der Waals surface area (Å²) < 4.78 is 46.3. The molecule has 2 aromatic carbocycles. The molecule has 1 atom stereocenters. The molecule has 1 aliphatic rings. The number of halogens is 1. The Morgan fingerprint density at radius 1 is 1.23 bits per heavy atom. The molecule has 2 heterocycles. The fourth-order valence-corrected chi connectivity index (χ4v) is 5.47. The van der Waals surface area contributed by atoms with Crippen LogP contribution in [-0.2, 0) is 19.4 Å². The van der Waals surface area contributed by atoms with Gasteiger partial charge in [0.1, 0.15) is 10.7 Å². The van der Waals surface area contributed by atoms with Crippen LogP contribution in [0.5, 0.6) is 0 Å². The Morgan fingerprint density at radius 3 is 2.74 bits per heavy atom. The lowest BCUT2D eigenvalue weighted by Crippen LogP contribution is -2.40. The number of esters is 1. The number of sulfone groups is 1. The molecule has 0 bridgehead atoms. The SMILES string of the molecule is CCOC(=O)C1CCCN(c2c(S(=O)(=O)c3ccccc3)cnc3ccc(F)cc23)C1. The van der Waals surface area contributed by atoms with Gasteiger partial charge in [-0.15, -0.1) is 0 Å². The van der Waals surface area contributed by atoms with Gasteiger partial charge in [-0.2, -0.15) is 0 Å². The van der Waals surface area contributed by atoms with E-state index in [4.69, 9.17) is 4.74 Å². The van der Waals surface area contributed by atoms with Crippen LogP contribution in [0.4, 0.5) is 10.1 Å². The maximum absolute atomic E-state index is 14.2. The molecule has 0 spiro atoms. The maximum atomic E-state index is 14.2. The van der Waals surface area contributed by atoms with Crippen LogP contribution in [-0.4, -0.2) is 39.1 Å². The topological polar surface area (TPSA) is 76.6 Å². The smallest absolute Gasteiger partial charge is 0.310 e. The second kappa shape index (κ2) is 8.63. The molecule has 1 fully saturated rings. The number of nitrogens with zero attached hydrogens (tertiary/aromatic N) is 2. The van der Waals surface area contributed by atoms with Gasteiger partial charge in [-0.05, 0) is 50.1 Å². The zero-order valence-corrected chi connectivity index (χ0v) is 17.9. The molecular formula is C23H23FN2O4S. The lowest BCUT2D eigenvalue weighted by Gasteiger charge is -2.35. The van der Waals surface area contributed by atoms with Crippen LogP contribution in [0, 0.1) is 11.7 Å². The van der Waals surface area contributed by atoms with Gasteiger partial charge in [0, 0.05) is 24.7 Å². The summed E-state index contributed by atoms with van der Waals surface area (Å²) in [5.74, 6) is -1.16. The van der Waals surface area contributed by atoms with E-state index in [2.05, 4.69) is 4.98 Å². The molecular weight excluding hydrogens is 419 g/mol. The molecule has 6 nitrogen and oxygen atoms in total. The summed E-state index contributed by atoms with van der Waals surface area (Å²) in [4.78, 5) is 18.6. The maximum Gasteiger partial charge on any atom is 0.310 e. The van der Waals surface area contributed by atoms with Crippen molar-refractivity contribution in [2.45, 2.75) is 29.6 Å². The van der Waals surface area contributed by atoms with Crippen LogP contribution in [0.1, 0.15) is 19.8 Å². The quantitative estimate of drug-likeness (QED) is 0.556. The van der Waals surface area contributed by atoms with E-state index in [1.165, 1.54) is 36.5 Å². The minimum Gasteiger partial charge on any atom is -0.466 e. The molecule has 3 aromatic rings. The van der Waals surface area contributed by atoms with Crippen molar-refractivity contribution >= 4 is 32.4 Å². The Hall–Kier alpha value is -3.00. The van der Waals surface area contributed by atoms with Gasteiger partial charge in [-0.3, -0.25) is 9.78 Å². The van der Waals surface area contributed by atoms with Crippen molar-refractivity contribution in [3.05, 3.63) is 60.5 Å². The van der Waals surface area contributed by atoms with Crippen LogP contribution in [0.25, 0.3) is 10.9 Å². The Kier molecular flexibility index (Phi) is 5.91. The summed E-state index contributed by atoms with van der Waals surface area (Å²) in [5.41, 5.74) is 0.865. The lowest BCUT2D eigenvalue weighted by molar-refractivity contribution is -0.148. The minimum absolute atomic E-state index is 0.00121. The van der Waals surface area contributed by atoms with E-state index in [1.807, 2.05) is 4.90 Å². The summed E-state index contributed by atoms with van der Waals surface area (Å²) in [7, 11) is -3.91. The summed E-state index contributed by atoms with van der Waals surface area (Å²) in [6.45, 7) is 2.88. The minimum atomic E-state index is -3.91. The third-order valence-electron chi connectivity index (χ3n) is 5.47. The average molecular weight is 443 g/mol. The third kappa shape index (κ3) is 4.12. The predicted molar refractivity (Wildman–Crippen MR) is 115 cm³/mol. The van der Waals surface area contributed by atoms with E-state index < -0.39 is 15.7 Å². The fraction of sp³-hybridized carbons (Fsp3) is 0.304. The number of ether oxygens (including phenoxy) is 1. The number of piperidine rings is 1. The zero-order valence-electron chi connectivity index (χ0n) is 17.1. The summed E-state index contributed by atoms with van der Waals surface area (Å²) >= 11 is 0. The standard InChI is InChI=1S/C23H23FN2O4S/c1-2-30-23(27)16-7-6-12-26(15-16)22-19-13-17(24)10-11-20(19)25-14-21(22)31(28,29)18-8-4-3-5-9-18/h3-5,8-11,13-14,16H,2,6-7,12,15H2,1H3. The summed E-state index contributed by atoms with van der Waals surface area (Å²) in [6, 6.07) is 12.2. The Labute approximate surface area is 180 Å². The molecule has 4 rings (SSSR count). The van der Waals surface area contributed by atoms with E-state index in [1.54, 1.807) is 25.1 Å². The molecule has 8 heteroatoms. The van der Waals surface area contributed by atoms with E-state index in [0.29, 0.717) is 42.5 Å². The predicted octanol–water partition coefficient (Wildman–Crippen LogP) is 3.99. The molecule has 162 valence electrons. The highest BCUT2D eigenvalue weighted by molar-refractivity contribution is 7.91. The van der Waals surface area contributed by atoms with Crippen LogP contribution in [0.3, 0.4) is 0 Å². The normalized spacial score (nSPS) is 17.0. The molecule has 1 unspecified atom stereocenters. The van der Waals surface area contributed by atoms with E-state index in [0.717, 1.165) is 0 Å². The Morgan fingerprint density at radius 2 is 2.00 bits per heavy atom. The number of rotatable bonds is 5. The highest BCUT2D eigenvalue weighted by atomic mass is 32.2. The molecule has 1 saturated heterocycles. The van der Waals surface area contributed by atoms with Gasteiger partial charge in [0.05, 0.1) is 28.6 Å². The van der Waals surface area contributed by atoms with Crippen LogP contribution < -0.4 is 4.90 Å². The largest absolute Gasteiger partial charge is 0.466 e. The van der Waals surface area contributed by atoms with Crippen molar-refractivity contribution in [1.29, 1.82) is 0 Å². The zero-order chi connectivity index (χ0) is 22.0. The molecule has 0 radical (unpaired) electrons. The van der Waals surface area contributed by atoms with Crippen molar-refractivity contribution < 1.29 is 22.3 Å². The van der Waals surface area contributed by atoms with Crippen molar-refractivity contribution in [1.82, 2.24) is 4.98 Å². The van der Waals surface area contributed by atoms with Gasteiger partial charge in [0.15, 0.2) is 0 Å². The first-order valence-electron chi connectivity index (χ1n) is 10.2. The number of anilines is 1. The fourth-order valence-electron chi connectivity index (χ4n) is 4.01. The van der Waals surface area contributed by atoms with Crippen LogP contribution >= 0.6 is 0 Å². The number of hydrogen-bond donors (Lipinski definition) is 0. The number of carbonyl (C=O) groups is 1. The number of pyridine rings is 1. The van der Waals surface area contributed by atoms with E-state index in [9.17, 15) is 17.6 Å². The van der Waals surface area contributed by atoms with Crippen LogP contribution in [0.2, 0.25) is 0 Å². The van der Waals surface area contributed by atoms with Gasteiger partial charge in [-0.1, -0.05) is 18.2 Å². The highest BCUT2D eigenvalue weighted by Crippen LogP contribution is 2.38. The van der Waals surface area contributed by atoms with Gasteiger partial charge >= 0.3 is 5.97 Å². The Balaban J connectivity index is 1.89. The number of fused-ring (bicyclic) bond motifs is 1. The molecule has 1 aliphatic heterocycles. The molecule has 1 aromatic heterocycles. The van der Waals surface area contributed by atoms with Gasteiger partial charge in [-0.25, -0.2) is 12.8 Å². The number of benzene rings is 2. The number of carbonyl (C=O) groups excluding carboxylic acids is 1. The van der Waals surface area contributed by atoms with Gasteiger partial charge < -0.3 is 9.64 Å². The molecule has 0 N–H and O–H groups in total. The number of hydrogen-bond acceptors (Lipinski definition) is 6. The number of aromatic nitrogens is 1. The lowest BCUT2D eigenvalue weighted by atomic mass is 9.97. The van der Waals surface area contributed by atoms with Crippen molar-refractivity contribution in [3.63, 3.8) is 0 Å². The Bertz CT molecular complexity index is 1210. The van der Waals surface area contributed by atoms with E-state index >= 15 is 0 Å². The molecule has 0 aliphatic carbocycles. The van der Waals surface area contributed by atoms with Gasteiger partial charge in [0.25, 0.3) is 0 Å². The second-order valence-corrected chi connectivity index (χ2v) is 9.40. The first kappa shape index (κ1) is 21.2. The molecule has 0 saturated carbocycles. The van der Waals surface area contributed by atoms with Gasteiger partial charge in [0.2, 0.25) is 9.84 Å². The molecule has 0 amide bonds.